The van der Waals surface area contributed by atoms with Crippen LogP contribution in [0.15, 0.2) is 48.6 Å². The van der Waals surface area contributed by atoms with Crippen molar-refractivity contribution in [2.24, 2.45) is 0 Å². The summed E-state index contributed by atoms with van der Waals surface area (Å²) in [6.45, 7) is 3.81. The SMILES string of the molecule is CCCCCCC/C=C\C/C=C\C/C=C\CCCCCCCCCCCCC(=O)NC(COC1OC(CO)C(O)C(O)C1O)C(O)/C=C/CCCCCCCCCCCCCCCCCCCCCCCCCCCCCC. The van der Waals surface area contributed by atoms with Crippen LogP contribution in [0.1, 0.15) is 328 Å². The zero-order valence-corrected chi connectivity index (χ0v) is 51.2. The minimum absolute atomic E-state index is 0.177. The third kappa shape index (κ3) is 46.7. The highest BCUT2D eigenvalue weighted by molar-refractivity contribution is 5.76. The fourth-order valence-electron chi connectivity index (χ4n) is 10.8. The number of carbonyl (C=O) groups excluding carboxylic acids is 1. The van der Waals surface area contributed by atoms with Gasteiger partial charge in [-0.1, -0.05) is 313 Å². The predicted octanol–water partition coefficient (Wildman–Crippen LogP) is 18.0. The zero-order chi connectivity index (χ0) is 56.5. The first-order chi connectivity index (χ1) is 38.3. The molecule has 1 saturated heterocycles. The van der Waals surface area contributed by atoms with Crippen molar-refractivity contribution in [2.75, 3.05) is 13.2 Å². The van der Waals surface area contributed by atoms with Crippen molar-refractivity contribution in [3.8, 4) is 0 Å². The first-order valence-corrected chi connectivity index (χ1v) is 33.9. The number of allylic oxidation sites excluding steroid dienone is 7. The zero-order valence-electron chi connectivity index (χ0n) is 51.2. The summed E-state index contributed by atoms with van der Waals surface area (Å²) in [6.07, 6.45) is 72.0. The van der Waals surface area contributed by atoms with Gasteiger partial charge >= 0.3 is 0 Å². The number of hydrogen-bond acceptors (Lipinski definition) is 8. The maximum Gasteiger partial charge on any atom is 0.220 e. The minimum atomic E-state index is -1.57. The average Bonchev–Trinajstić information content (AvgIpc) is 3.45. The van der Waals surface area contributed by atoms with E-state index in [1.54, 1.807) is 6.08 Å². The van der Waals surface area contributed by atoms with E-state index in [1.165, 1.54) is 257 Å². The van der Waals surface area contributed by atoms with Crippen LogP contribution in [0.25, 0.3) is 0 Å². The molecule has 9 heteroatoms. The Morgan fingerprint density at radius 2 is 0.756 bits per heavy atom. The lowest BCUT2D eigenvalue weighted by Crippen LogP contribution is -2.60. The second-order valence-electron chi connectivity index (χ2n) is 23.6. The van der Waals surface area contributed by atoms with Crippen LogP contribution in [0.2, 0.25) is 0 Å². The molecule has 458 valence electrons. The number of hydrogen-bond donors (Lipinski definition) is 6. The van der Waals surface area contributed by atoms with Crippen molar-refractivity contribution in [2.45, 2.75) is 371 Å². The molecule has 7 unspecified atom stereocenters. The van der Waals surface area contributed by atoms with Crippen LogP contribution >= 0.6 is 0 Å². The van der Waals surface area contributed by atoms with Crippen LogP contribution in [0.4, 0.5) is 0 Å². The minimum Gasteiger partial charge on any atom is -0.394 e. The summed E-state index contributed by atoms with van der Waals surface area (Å²) in [5.41, 5.74) is 0. The Labute approximate surface area is 482 Å². The molecule has 1 aliphatic heterocycles. The molecule has 0 bridgehead atoms. The molecule has 1 rings (SSSR count). The largest absolute Gasteiger partial charge is 0.394 e. The maximum atomic E-state index is 13.1. The summed E-state index contributed by atoms with van der Waals surface area (Å²) in [5, 5.41) is 54.7. The molecule has 1 heterocycles. The molecule has 78 heavy (non-hydrogen) atoms. The topological polar surface area (TPSA) is 149 Å². The van der Waals surface area contributed by atoms with Crippen molar-refractivity contribution in [1.82, 2.24) is 5.32 Å². The summed E-state index contributed by atoms with van der Waals surface area (Å²) in [5.74, 6) is -0.177. The normalized spacial score (nSPS) is 18.9. The van der Waals surface area contributed by atoms with Gasteiger partial charge in [-0.25, -0.2) is 0 Å². The lowest BCUT2D eigenvalue weighted by molar-refractivity contribution is -0.302. The number of unbranched alkanes of at least 4 members (excludes halogenated alkanes) is 43. The van der Waals surface area contributed by atoms with E-state index in [4.69, 9.17) is 9.47 Å². The van der Waals surface area contributed by atoms with Gasteiger partial charge < -0.3 is 40.3 Å². The molecule has 0 saturated carbocycles. The van der Waals surface area contributed by atoms with E-state index in [-0.39, 0.29) is 12.5 Å². The van der Waals surface area contributed by atoms with E-state index in [1.807, 2.05) is 6.08 Å². The molecule has 6 N–H and O–H groups in total. The highest BCUT2D eigenvalue weighted by atomic mass is 16.7. The highest BCUT2D eigenvalue weighted by Gasteiger charge is 2.44. The molecule has 7 atom stereocenters. The van der Waals surface area contributed by atoms with Crippen LogP contribution in [0.3, 0.4) is 0 Å². The second-order valence-corrected chi connectivity index (χ2v) is 23.6. The van der Waals surface area contributed by atoms with Gasteiger partial charge in [0, 0.05) is 6.42 Å². The first-order valence-electron chi connectivity index (χ1n) is 33.9. The molecule has 0 aromatic carbocycles. The van der Waals surface area contributed by atoms with Gasteiger partial charge in [0.1, 0.15) is 24.4 Å². The molecular formula is C69H129NO8. The highest BCUT2D eigenvalue weighted by Crippen LogP contribution is 2.23. The van der Waals surface area contributed by atoms with Crippen molar-refractivity contribution in [3.05, 3.63) is 48.6 Å². The van der Waals surface area contributed by atoms with Crippen molar-refractivity contribution in [1.29, 1.82) is 0 Å². The van der Waals surface area contributed by atoms with Gasteiger partial charge in [0.2, 0.25) is 5.91 Å². The fourth-order valence-corrected chi connectivity index (χ4v) is 10.8. The Kier molecular flexibility index (Phi) is 55.5. The average molecular weight is 1100 g/mol. The Bertz CT molecular complexity index is 1370. The number of carbonyl (C=O) groups is 1. The third-order valence-electron chi connectivity index (χ3n) is 16.1. The lowest BCUT2D eigenvalue weighted by Gasteiger charge is -2.40. The standard InChI is InChI=1S/C69H129NO8/c1-3-5-7-9-11-13-15-17-19-21-23-25-27-29-30-31-32-33-35-36-38-40-42-44-46-48-50-52-54-56-58-63(72)62(61-77-69-68(76)67(75)66(74)64(60-71)78-69)70-65(73)59-57-55-53-51-49-47-45-43-41-39-37-34-28-26-24-22-20-18-16-14-12-10-8-6-4-2/h16,18,22,24,28,34,56,58,62-64,66-69,71-72,74-76H,3-15,17,19-21,23,25-27,29-33,35-55,57,59-61H2,1-2H3,(H,70,73)/b18-16-,24-22-,34-28-,58-56+. The van der Waals surface area contributed by atoms with Gasteiger partial charge in [0.25, 0.3) is 0 Å². The Morgan fingerprint density at radius 1 is 0.436 bits per heavy atom. The van der Waals surface area contributed by atoms with E-state index >= 15 is 0 Å². The molecule has 0 aromatic heterocycles. The van der Waals surface area contributed by atoms with Crippen LogP contribution in [0.5, 0.6) is 0 Å². The lowest BCUT2D eigenvalue weighted by atomic mass is 9.99. The molecule has 1 fully saturated rings. The summed E-state index contributed by atoms with van der Waals surface area (Å²) in [7, 11) is 0. The summed E-state index contributed by atoms with van der Waals surface area (Å²) in [4.78, 5) is 13.1. The van der Waals surface area contributed by atoms with Gasteiger partial charge in [-0.2, -0.15) is 0 Å². The van der Waals surface area contributed by atoms with E-state index in [2.05, 4.69) is 55.6 Å². The van der Waals surface area contributed by atoms with Gasteiger partial charge in [-0.15, -0.1) is 0 Å². The van der Waals surface area contributed by atoms with Crippen LogP contribution in [-0.2, 0) is 14.3 Å². The number of amides is 1. The van der Waals surface area contributed by atoms with Crippen molar-refractivity contribution >= 4 is 5.91 Å². The second kappa shape index (κ2) is 58.4. The number of ether oxygens (including phenoxy) is 2. The Hall–Kier alpha value is -1.85. The maximum absolute atomic E-state index is 13.1. The molecule has 0 spiro atoms. The molecule has 0 aliphatic carbocycles. The van der Waals surface area contributed by atoms with Crippen molar-refractivity contribution in [3.63, 3.8) is 0 Å². The Balaban J connectivity index is 2.16. The van der Waals surface area contributed by atoms with Crippen LogP contribution < -0.4 is 5.32 Å². The van der Waals surface area contributed by atoms with Crippen molar-refractivity contribution < 1.29 is 39.8 Å². The fraction of sp³-hybridized carbons (Fsp3) is 0.870. The summed E-state index contributed by atoms with van der Waals surface area (Å²) < 4.78 is 11.3. The number of nitrogens with one attached hydrogen (secondary N) is 1. The Morgan fingerprint density at radius 3 is 1.12 bits per heavy atom. The number of rotatable bonds is 59. The quantitative estimate of drug-likeness (QED) is 0.0261. The predicted molar refractivity (Wildman–Crippen MR) is 332 cm³/mol. The first kappa shape index (κ1) is 74.2. The molecule has 0 radical (unpaired) electrons. The molecule has 1 aliphatic rings. The number of aliphatic hydroxyl groups is 5. The monoisotopic (exact) mass is 1100 g/mol. The van der Waals surface area contributed by atoms with E-state index in [0.29, 0.717) is 6.42 Å². The van der Waals surface area contributed by atoms with Gasteiger partial charge in [-0.05, 0) is 57.8 Å². The van der Waals surface area contributed by atoms with Crippen LogP contribution in [-0.4, -0.2) is 87.5 Å². The molecule has 9 nitrogen and oxygen atoms in total. The van der Waals surface area contributed by atoms with E-state index in [9.17, 15) is 30.3 Å². The van der Waals surface area contributed by atoms with Gasteiger partial charge in [0.15, 0.2) is 6.29 Å². The van der Waals surface area contributed by atoms with Gasteiger partial charge in [0.05, 0.1) is 25.4 Å². The number of aliphatic hydroxyl groups excluding tert-OH is 5. The summed E-state index contributed by atoms with van der Waals surface area (Å²) in [6, 6.07) is -0.810. The smallest absolute Gasteiger partial charge is 0.220 e. The third-order valence-corrected chi connectivity index (χ3v) is 16.1. The summed E-state index contributed by atoms with van der Waals surface area (Å²) >= 11 is 0. The molecular weight excluding hydrogens is 971 g/mol. The molecule has 1 amide bonds. The van der Waals surface area contributed by atoms with E-state index < -0.39 is 49.5 Å². The van der Waals surface area contributed by atoms with Crippen LogP contribution in [0, 0.1) is 0 Å². The molecule has 0 aromatic rings. The van der Waals surface area contributed by atoms with E-state index in [0.717, 1.165) is 51.4 Å². The van der Waals surface area contributed by atoms with Gasteiger partial charge in [-0.3, -0.25) is 4.79 Å².